The Morgan fingerprint density at radius 2 is 2.32 bits per heavy atom. The minimum absolute atomic E-state index is 0.0839. The van der Waals surface area contributed by atoms with E-state index in [1.54, 1.807) is 18.2 Å². The molecule has 3 nitrogen and oxygen atoms in total. The predicted molar refractivity (Wildman–Crippen MR) is 77.0 cm³/mol. The maximum atomic E-state index is 11.9. The lowest BCUT2D eigenvalue weighted by Crippen LogP contribution is -2.25. The summed E-state index contributed by atoms with van der Waals surface area (Å²) in [4.78, 5) is 11.9. The quantitative estimate of drug-likeness (QED) is 0.830. The monoisotopic (exact) mass is 276 g/mol. The van der Waals surface area contributed by atoms with Gasteiger partial charge in [-0.15, -0.1) is 0 Å². The average molecular weight is 277 g/mol. The third-order valence-corrected chi connectivity index (χ3v) is 3.67. The molecule has 1 saturated carbocycles. The van der Waals surface area contributed by atoms with Gasteiger partial charge in [0.25, 0.3) is 5.91 Å². The van der Waals surface area contributed by atoms with Crippen molar-refractivity contribution in [1.29, 1.82) is 0 Å². The molecular formula is C15H17ClN2O. The lowest BCUT2D eigenvalue weighted by Gasteiger charge is -2.05. The lowest BCUT2D eigenvalue weighted by atomic mass is 10.1. The summed E-state index contributed by atoms with van der Waals surface area (Å²) in [6.07, 6.45) is 1.20. The van der Waals surface area contributed by atoms with Crippen LogP contribution >= 0.6 is 11.6 Å². The second kappa shape index (κ2) is 6.10. The first-order chi connectivity index (χ1) is 9.11. The Morgan fingerprint density at radius 3 is 2.89 bits per heavy atom. The first kappa shape index (κ1) is 13.9. The highest BCUT2D eigenvalue weighted by molar-refractivity contribution is 6.32. The highest BCUT2D eigenvalue weighted by Gasteiger charge is 2.32. The smallest absolute Gasteiger partial charge is 0.251 e. The number of benzene rings is 1. The van der Waals surface area contributed by atoms with Crippen molar-refractivity contribution in [2.24, 2.45) is 17.6 Å². The van der Waals surface area contributed by atoms with Crippen LogP contribution < -0.4 is 11.1 Å². The van der Waals surface area contributed by atoms with Crippen molar-refractivity contribution in [3.05, 3.63) is 34.3 Å². The summed E-state index contributed by atoms with van der Waals surface area (Å²) < 4.78 is 0. The minimum atomic E-state index is -0.0839. The molecule has 1 fully saturated rings. The number of carbonyl (C=O) groups excluding carboxylic acids is 1. The molecule has 0 heterocycles. The topological polar surface area (TPSA) is 55.1 Å². The maximum Gasteiger partial charge on any atom is 0.251 e. The van der Waals surface area contributed by atoms with Gasteiger partial charge in [0.2, 0.25) is 0 Å². The standard InChI is InChI=1S/C15H17ClN2O/c1-10-7-13(10)9-18-15(19)12-5-4-11(3-2-6-17)14(16)8-12/h4-5,8,10,13H,6-7,9,17H2,1H3,(H,18,19). The van der Waals surface area contributed by atoms with Crippen molar-refractivity contribution in [2.45, 2.75) is 13.3 Å². The van der Waals surface area contributed by atoms with Gasteiger partial charge in [0, 0.05) is 17.7 Å². The fourth-order valence-electron chi connectivity index (χ4n) is 1.91. The number of nitrogens with one attached hydrogen (secondary N) is 1. The van der Waals surface area contributed by atoms with E-state index in [1.807, 2.05) is 0 Å². The summed E-state index contributed by atoms with van der Waals surface area (Å²) in [6.45, 7) is 3.23. The van der Waals surface area contributed by atoms with Crippen LogP contribution in [0.1, 0.15) is 29.3 Å². The van der Waals surface area contributed by atoms with Crippen LogP contribution in [0.4, 0.5) is 0 Å². The Morgan fingerprint density at radius 1 is 1.58 bits per heavy atom. The molecule has 1 amide bonds. The van der Waals surface area contributed by atoms with Crippen LogP contribution in [0.25, 0.3) is 0 Å². The van der Waals surface area contributed by atoms with Gasteiger partial charge in [0.1, 0.15) is 0 Å². The average Bonchev–Trinajstić information content (AvgIpc) is 3.10. The molecule has 0 aliphatic heterocycles. The number of halogens is 1. The number of carbonyl (C=O) groups is 1. The predicted octanol–water partition coefficient (Wildman–Crippen LogP) is 2.04. The van der Waals surface area contributed by atoms with E-state index < -0.39 is 0 Å². The van der Waals surface area contributed by atoms with E-state index >= 15 is 0 Å². The highest BCUT2D eigenvalue weighted by atomic mass is 35.5. The zero-order chi connectivity index (χ0) is 13.8. The second-order valence-corrected chi connectivity index (χ2v) is 5.29. The van der Waals surface area contributed by atoms with Crippen molar-refractivity contribution < 1.29 is 4.79 Å². The Labute approximate surface area is 118 Å². The van der Waals surface area contributed by atoms with Crippen LogP contribution in [0.5, 0.6) is 0 Å². The molecule has 1 aliphatic carbocycles. The molecule has 4 heteroatoms. The molecule has 2 rings (SSSR count). The molecule has 0 radical (unpaired) electrons. The Kier molecular flexibility index (Phi) is 4.47. The maximum absolute atomic E-state index is 11.9. The Bertz CT molecular complexity index is 545. The molecule has 0 bridgehead atoms. The van der Waals surface area contributed by atoms with Gasteiger partial charge in [-0.3, -0.25) is 4.79 Å². The largest absolute Gasteiger partial charge is 0.352 e. The van der Waals surface area contributed by atoms with Gasteiger partial charge in [-0.2, -0.15) is 0 Å². The fourth-order valence-corrected chi connectivity index (χ4v) is 2.14. The van der Waals surface area contributed by atoms with E-state index in [4.69, 9.17) is 17.3 Å². The first-order valence-corrected chi connectivity index (χ1v) is 6.76. The molecule has 1 aliphatic rings. The van der Waals surface area contributed by atoms with E-state index in [1.165, 1.54) is 6.42 Å². The van der Waals surface area contributed by atoms with Crippen LogP contribution in [0.2, 0.25) is 5.02 Å². The van der Waals surface area contributed by atoms with Gasteiger partial charge in [-0.05, 0) is 36.5 Å². The van der Waals surface area contributed by atoms with Crippen LogP contribution in [0, 0.1) is 23.7 Å². The van der Waals surface area contributed by atoms with Gasteiger partial charge in [-0.25, -0.2) is 0 Å². The molecular weight excluding hydrogens is 260 g/mol. The zero-order valence-electron chi connectivity index (χ0n) is 10.9. The molecule has 0 saturated heterocycles. The molecule has 0 spiro atoms. The van der Waals surface area contributed by atoms with Crippen molar-refractivity contribution >= 4 is 17.5 Å². The van der Waals surface area contributed by atoms with Gasteiger partial charge >= 0.3 is 0 Å². The van der Waals surface area contributed by atoms with E-state index in [0.717, 1.165) is 12.5 Å². The van der Waals surface area contributed by atoms with Crippen LogP contribution in [0.3, 0.4) is 0 Å². The molecule has 19 heavy (non-hydrogen) atoms. The van der Waals surface area contributed by atoms with Gasteiger partial charge < -0.3 is 11.1 Å². The summed E-state index contributed by atoms with van der Waals surface area (Å²) in [6, 6.07) is 5.13. The number of hydrogen-bond donors (Lipinski definition) is 2. The lowest BCUT2D eigenvalue weighted by molar-refractivity contribution is 0.0951. The van der Waals surface area contributed by atoms with Crippen molar-refractivity contribution in [1.82, 2.24) is 5.32 Å². The summed E-state index contributed by atoms with van der Waals surface area (Å²) >= 11 is 6.08. The molecule has 1 aromatic rings. The van der Waals surface area contributed by atoms with Crippen LogP contribution in [0.15, 0.2) is 18.2 Å². The number of hydrogen-bond acceptors (Lipinski definition) is 2. The van der Waals surface area contributed by atoms with Gasteiger partial charge in [0.05, 0.1) is 11.6 Å². The first-order valence-electron chi connectivity index (χ1n) is 6.38. The van der Waals surface area contributed by atoms with E-state index in [-0.39, 0.29) is 12.5 Å². The summed E-state index contributed by atoms with van der Waals surface area (Å²) in [7, 11) is 0. The van der Waals surface area contributed by atoms with Crippen molar-refractivity contribution in [3.63, 3.8) is 0 Å². The molecule has 1 aromatic carbocycles. The highest BCUT2D eigenvalue weighted by Crippen LogP contribution is 2.36. The molecule has 2 unspecified atom stereocenters. The number of nitrogens with two attached hydrogens (primary N) is 1. The van der Waals surface area contributed by atoms with Crippen LogP contribution in [-0.4, -0.2) is 19.0 Å². The van der Waals surface area contributed by atoms with Gasteiger partial charge in [-0.1, -0.05) is 30.4 Å². The summed E-state index contributed by atoms with van der Waals surface area (Å²) in [5.74, 6) is 6.89. The normalized spacial score (nSPS) is 20.4. The van der Waals surface area contributed by atoms with E-state index in [9.17, 15) is 4.79 Å². The van der Waals surface area contributed by atoms with E-state index in [2.05, 4.69) is 24.1 Å². The SMILES string of the molecule is CC1CC1CNC(=O)c1ccc(C#CCN)c(Cl)c1. The third kappa shape index (κ3) is 3.73. The van der Waals surface area contributed by atoms with Crippen LogP contribution in [-0.2, 0) is 0 Å². The van der Waals surface area contributed by atoms with Gasteiger partial charge in [0.15, 0.2) is 0 Å². The minimum Gasteiger partial charge on any atom is -0.352 e. The summed E-state index contributed by atoms with van der Waals surface area (Å²) in [5.41, 5.74) is 6.57. The van der Waals surface area contributed by atoms with Crippen molar-refractivity contribution in [3.8, 4) is 11.8 Å². The molecule has 2 atom stereocenters. The fraction of sp³-hybridized carbons (Fsp3) is 0.400. The number of amides is 1. The molecule has 0 aromatic heterocycles. The second-order valence-electron chi connectivity index (χ2n) is 4.88. The molecule has 3 N–H and O–H groups in total. The molecule has 100 valence electrons. The van der Waals surface area contributed by atoms with E-state index in [0.29, 0.717) is 22.1 Å². The zero-order valence-corrected chi connectivity index (χ0v) is 11.6. The number of rotatable bonds is 3. The third-order valence-electron chi connectivity index (χ3n) is 3.36. The Balaban J connectivity index is 2.00. The Hall–Kier alpha value is -1.50. The summed E-state index contributed by atoms with van der Waals surface area (Å²) in [5, 5.41) is 3.41. The van der Waals surface area contributed by atoms with Crippen molar-refractivity contribution in [2.75, 3.05) is 13.1 Å².